The van der Waals surface area contributed by atoms with Crippen molar-refractivity contribution in [1.82, 2.24) is 4.90 Å². The Morgan fingerprint density at radius 3 is 2.79 bits per heavy atom. The van der Waals surface area contributed by atoms with Gasteiger partial charge in [0.15, 0.2) is 0 Å². The van der Waals surface area contributed by atoms with E-state index in [1.54, 1.807) is 7.05 Å². The fraction of sp³-hybridized carbons (Fsp3) is 0.417. The largest absolute Gasteiger partial charge is 0.421 e. The molecule has 1 unspecified atom stereocenters. The average Bonchev–Trinajstić information content (AvgIpc) is 2.44. The minimum atomic E-state index is -0.714. The summed E-state index contributed by atoms with van der Waals surface area (Å²) in [5, 5.41) is 2.75. The Balaban J connectivity index is 2.32. The van der Waals surface area contributed by atoms with E-state index >= 15 is 0 Å². The van der Waals surface area contributed by atoms with Gasteiger partial charge < -0.3 is 14.5 Å². The Kier molecular flexibility index (Phi) is 6.21. The van der Waals surface area contributed by atoms with E-state index < -0.39 is 6.09 Å². The number of likely N-dealkylation sites (N-methyl/N-ethyl adjacent to an activating group) is 1. The lowest BCUT2D eigenvalue weighted by Gasteiger charge is -2.22. The van der Waals surface area contributed by atoms with Crippen molar-refractivity contribution in [2.45, 2.75) is 19.6 Å². The van der Waals surface area contributed by atoms with E-state index in [2.05, 4.69) is 15.0 Å². The molecule has 0 aliphatic rings. The lowest BCUT2D eigenvalue weighted by Crippen LogP contribution is -2.37. The van der Waals surface area contributed by atoms with Gasteiger partial charge >= 0.3 is 6.09 Å². The van der Waals surface area contributed by atoms with Gasteiger partial charge in [-0.2, -0.15) is 0 Å². The van der Waals surface area contributed by atoms with Crippen LogP contribution in [0.25, 0.3) is 10.4 Å². The molecule has 0 aromatic heterocycles. The molecule has 1 atom stereocenters. The highest BCUT2D eigenvalue weighted by Gasteiger charge is 2.16. The molecular formula is C12H16N4O3. The molecule has 1 aromatic carbocycles. The van der Waals surface area contributed by atoms with Gasteiger partial charge in [0.25, 0.3) is 0 Å². The maximum absolute atomic E-state index is 11.4. The van der Waals surface area contributed by atoms with Gasteiger partial charge in [-0.25, -0.2) is 4.79 Å². The summed E-state index contributed by atoms with van der Waals surface area (Å²) in [5.74, 6) is 0. The molecule has 1 rings (SSSR count). The van der Waals surface area contributed by atoms with Crippen LogP contribution in [-0.4, -0.2) is 30.7 Å². The van der Waals surface area contributed by atoms with Gasteiger partial charge in [-0.15, -0.1) is 0 Å². The normalized spacial score (nSPS) is 11.3. The van der Waals surface area contributed by atoms with Crippen LogP contribution in [0.4, 0.5) is 4.79 Å². The maximum atomic E-state index is 11.4. The van der Waals surface area contributed by atoms with Crippen LogP contribution in [0.2, 0.25) is 0 Å². The van der Waals surface area contributed by atoms with Crippen LogP contribution >= 0.6 is 0 Å². The van der Waals surface area contributed by atoms with Crippen LogP contribution in [-0.2, 0) is 16.2 Å². The number of rotatable bonds is 6. The molecule has 0 heterocycles. The van der Waals surface area contributed by atoms with Crippen molar-refractivity contribution < 1.29 is 14.4 Å². The number of benzene rings is 1. The summed E-state index contributed by atoms with van der Waals surface area (Å²) in [5.41, 5.74) is 9.10. The first-order valence-corrected chi connectivity index (χ1v) is 5.75. The molecule has 0 aliphatic carbocycles. The highest BCUT2D eigenvalue weighted by molar-refractivity contribution is 5.67. The zero-order valence-corrected chi connectivity index (χ0v) is 10.9. The van der Waals surface area contributed by atoms with Gasteiger partial charge in [-0.3, -0.25) is 0 Å². The van der Waals surface area contributed by atoms with Crippen LogP contribution in [0.3, 0.4) is 0 Å². The van der Waals surface area contributed by atoms with Crippen molar-refractivity contribution in [3.05, 3.63) is 46.3 Å². The zero-order chi connectivity index (χ0) is 14.1. The third kappa shape index (κ3) is 5.29. The summed E-state index contributed by atoms with van der Waals surface area (Å²) in [6, 6.07) is 9.54. The number of hydrogen-bond acceptors (Lipinski definition) is 4. The van der Waals surface area contributed by atoms with E-state index in [1.807, 2.05) is 37.3 Å². The van der Waals surface area contributed by atoms with Gasteiger partial charge in [0, 0.05) is 12.0 Å². The first-order chi connectivity index (χ1) is 9.15. The van der Waals surface area contributed by atoms with Crippen LogP contribution in [0.1, 0.15) is 12.5 Å². The van der Waals surface area contributed by atoms with Gasteiger partial charge in [0.1, 0.15) is 5.28 Å². The number of ether oxygens (including phenoxy) is 1. The molecule has 1 amide bonds. The summed E-state index contributed by atoms with van der Waals surface area (Å²) in [7, 11) is 1.55. The van der Waals surface area contributed by atoms with Gasteiger partial charge in [0.05, 0.1) is 19.3 Å². The predicted molar refractivity (Wildman–Crippen MR) is 69.0 cm³/mol. The molecule has 0 spiro atoms. The minimum absolute atomic E-state index is 0.190. The van der Waals surface area contributed by atoms with Gasteiger partial charge in [0.2, 0.25) is 0 Å². The molecule has 19 heavy (non-hydrogen) atoms. The molecule has 0 bridgehead atoms. The van der Waals surface area contributed by atoms with Crippen LogP contribution in [0, 0.1) is 0 Å². The molecular weight excluding hydrogens is 248 g/mol. The second-order valence-corrected chi connectivity index (χ2v) is 3.99. The molecule has 0 aliphatic heterocycles. The standard InChI is InChI=1S/C12H16N4O3/c1-10(16(2)12(17)19-15-14-13)8-18-9-11-6-4-3-5-7-11/h3-7,10H,8-9H2,1-2H3. The lowest BCUT2D eigenvalue weighted by atomic mass is 10.2. The number of nitrogens with zero attached hydrogens (tertiary/aromatic N) is 4. The number of azide groups is 1. The number of hydrogen-bond donors (Lipinski definition) is 0. The molecule has 0 radical (unpaired) electrons. The molecule has 0 saturated carbocycles. The topological polar surface area (TPSA) is 87.5 Å². The van der Waals surface area contributed by atoms with Gasteiger partial charge in [-0.05, 0) is 18.0 Å². The molecule has 0 saturated heterocycles. The fourth-order valence-electron chi connectivity index (χ4n) is 1.33. The van der Waals surface area contributed by atoms with E-state index in [4.69, 9.17) is 10.3 Å². The first kappa shape index (κ1) is 14.8. The molecule has 1 aromatic rings. The SMILES string of the molecule is CC(COCc1ccccc1)N(C)C(=O)ON=[N+]=[N-]. The highest BCUT2D eigenvalue weighted by atomic mass is 16.7. The van der Waals surface area contributed by atoms with Crippen LogP contribution in [0.5, 0.6) is 0 Å². The van der Waals surface area contributed by atoms with Crippen molar-refractivity contribution in [3.8, 4) is 0 Å². The van der Waals surface area contributed by atoms with E-state index in [0.29, 0.717) is 13.2 Å². The quantitative estimate of drug-likeness (QED) is 0.342. The van der Waals surface area contributed by atoms with Crippen molar-refractivity contribution in [2.75, 3.05) is 13.7 Å². The van der Waals surface area contributed by atoms with Crippen molar-refractivity contribution in [1.29, 1.82) is 0 Å². The predicted octanol–water partition coefficient (Wildman–Crippen LogP) is 2.89. The fourth-order valence-corrected chi connectivity index (χ4v) is 1.33. The molecule has 7 heteroatoms. The molecule has 0 N–H and O–H groups in total. The third-order valence-corrected chi connectivity index (χ3v) is 2.58. The zero-order valence-electron chi connectivity index (χ0n) is 10.9. The first-order valence-electron chi connectivity index (χ1n) is 5.75. The van der Waals surface area contributed by atoms with E-state index in [-0.39, 0.29) is 6.04 Å². The molecule has 7 nitrogen and oxygen atoms in total. The second kappa shape index (κ2) is 7.97. The smallest absolute Gasteiger partial charge is 0.375 e. The van der Waals surface area contributed by atoms with E-state index in [0.717, 1.165) is 5.56 Å². The Labute approximate surface area is 111 Å². The van der Waals surface area contributed by atoms with E-state index in [9.17, 15) is 4.79 Å². The van der Waals surface area contributed by atoms with Crippen molar-refractivity contribution >= 4 is 6.09 Å². The van der Waals surface area contributed by atoms with Crippen molar-refractivity contribution in [3.63, 3.8) is 0 Å². The maximum Gasteiger partial charge on any atom is 0.421 e. The summed E-state index contributed by atoms with van der Waals surface area (Å²) in [6.07, 6.45) is -0.714. The Hall–Kier alpha value is -2.24. The van der Waals surface area contributed by atoms with Crippen LogP contribution < -0.4 is 0 Å². The highest BCUT2D eigenvalue weighted by Crippen LogP contribution is 2.04. The summed E-state index contributed by atoms with van der Waals surface area (Å²) in [6.45, 7) is 2.64. The third-order valence-electron chi connectivity index (χ3n) is 2.58. The summed E-state index contributed by atoms with van der Waals surface area (Å²) < 4.78 is 5.50. The number of carbonyl (C=O) groups is 1. The second-order valence-electron chi connectivity index (χ2n) is 3.99. The van der Waals surface area contributed by atoms with E-state index in [1.165, 1.54) is 4.90 Å². The number of carbonyl (C=O) groups excluding carboxylic acids is 1. The lowest BCUT2D eigenvalue weighted by molar-refractivity contribution is 0.0520. The van der Waals surface area contributed by atoms with Crippen molar-refractivity contribution in [2.24, 2.45) is 5.28 Å². The Bertz CT molecular complexity index is 446. The molecule has 102 valence electrons. The average molecular weight is 264 g/mol. The molecule has 0 fully saturated rings. The Morgan fingerprint density at radius 1 is 1.47 bits per heavy atom. The monoisotopic (exact) mass is 264 g/mol. The summed E-state index contributed by atoms with van der Waals surface area (Å²) in [4.78, 5) is 19.3. The number of amides is 1. The Morgan fingerprint density at radius 2 is 2.16 bits per heavy atom. The van der Waals surface area contributed by atoms with Crippen LogP contribution in [0.15, 0.2) is 35.6 Å². The minimum Gasteiger partial charge on any atom is -0.375 e. The summed E-state index contributed by atoms with van der Waals surface area (Å²) >= 11 is 0. The van der Waals surface area contributed by atoms with Gasteiger partial charge in [-0.1, -0.05) is 30.3 Å².